The van der Waals surface area contributed by atoms with Gasteiger partial charge < -0.3 is 10.2 Å². The number of carbonyl (C=O) groups is 1. The number of fused-ring (bicyclic) bond motifs is 1. The minimum atomic E-state index is -4.94. The number of pyridine rings is 2. The molecule has 6 rings (SSSR count). The van der Waals surface area contributed by atoms with Crippen molar-refractivity contribution in [3.05, 3.63) is 66.0 Å². The fraction of sp³-hybridized carbons (Fsp3) is 0.419. The Labute approximate surface area is 263 Å². The molecule has 1 N–H and O–H groups in total. The molecule has 2 fully saturated rings. The number of hydrogen-bond acceptors (Lipinski definition) is 8. The van der Waals surface area contributed by atoms with E-state index in [1.807, 2.05) is 30.1 Å². The summed E-state index contributed by atoms with van der Waals surface area (Å²) >= 11 is 1.18. The van der Waals surface area contributed by atoms with E-state index in [2.05, 4.69) is 20.3 Å². The van der Waals surface area contributed by atoms with Crippen molar-refractivity contribution in [1.29, 1.82) is 0 Å². The highest BCUT2D eigenvalue weighted by molar-refractivity contribution is 7.89. The monoisotopic (exact) mass is 658 g/mol. The van der Waals surface area contributed by atoms with E-state index in [-0.39, 0.29) is 29.7 Å². The van der Waals surface area contributed by atoms with Crippen LogP contribution in [0.5, 0.6) is 0 Å². The van der Waals surface area contributed by atoms with Gasteiger partial charge in [-0.3, -0.25) is 9.78 Å². The van der Waals surface area contributed by atoms with E-state index in [0.29, 0.717) is 29.9 Å². The van der Waals surface area contributed by atoms with Crippen molar-refractivity contribution in [2.45, 2.75) is 49.1 Å². The normalized spacial score (nSPS) is 18.0. The van der Waals surface area contributed by atoms with E-state index in [1.165, 1.54) is 17.4 Å². The summed E-state index contributed by atoms with van der Waals surface area (Å²) in [6, 6.07) is 10.5. The maximum Gasteiger partial charge on any atom is 0.417 e. The van der Waals surface area contributed by atoms with Crippen molar-refractivity contribution in [2.24, 2.45) is 5.92 Å². The standard InChI is InChI=1S/C31H33F3N6O3S2/c1-39-14-16-40(17-15-39)45(42,43)27-9-6-22(19-24(27)31(32,33)34)23(18-20-4-2-3-5-20)28(41)38-30-37-26-8-7-25(36-29(26)44-30)21-10-12-35-13-11-21/h6-13,19-20,23H,2-5,14-18H2,1H3,(H,37,38,41). The molecule has 1 aliphatic heterocycles. The van der Waals surface area contributed by atoms with E-state index in [0.717, 1.165) is 53.4 Å². The molecule has 1 saturated carbocycles. The number of hydrogen-bond donors (Lipinski definition) is 1. The number of rotatable bonds is 8. The number of likely N-dealkylation sites (N-methyl/N-ethyl adjacent to an activating group) is 1. The molecule has 0 bridgehead atoms. The van der Waals surface area contributed by atoms with Gasteiger partial charge in [0.25, 0.3) is 0 Å². The quantitative estimate of drug-likeness (QED) is 0.247. The molecular formula is C31H33F3N6O3S2. The van der Waals surface area contributed by atoms with Gasteiger partial charge in [0.15, 0.2) is 5.13 Å². The summed E-state index contributed by atoms with van der Waals surface area (Å²) in [6.45, 7) is 1.06. The van der Waals surface area contributed by atoms with E-state index < -0.39 is 38.5 Å². The maximum absolute atomic E-state index is 14.5. The van der Waals surface area contributed by atoms with Crippen LogP contribution in [0.4, 0.5) is 18.3 Å². The van der Waals surface area contributed by atoms with E-state index in [4.69, 9.17) is 0 Å². The second-order valence-electron chi connectivity index (χ2n) is 11.7. The van der Waals surface area contributed by atoms with E-state index >= 15 is 0 Å². The molecule has 45 heavy (non-hydrogen) atoms. The van der Waals surface area contributed by atoms with Crippen molar-refractivity contribution in [3.8, 4) is 11.3 Å². The topological polar surface area (TPSA) is 108 Å². The van der Waals surface area contributed by atoms with Gasteiger partial charge in [-0.1, -0.05) is 43.1 Å². The molecule has 3 aromatic heterocycles. The summed E-state index contributed by atoms with van der Waals surface area (Å²) in [5.74, 6) is -1.25. The molecule has 1 amide bonds. The first-order chi connectivity index (χ1) is 21.5. The van der Waals surface area contributed by atoms with Crippen LogP contribution in [0, 0.1) is 5.92 Å². The second kappa shape index (κ2) is 12.7. The van der Waals surface area contributed by atoms with E-state index in [1.54, 1.807) is 18.5 Å². The van der Waals surface area contributed by atoms with Gasteiger partial charge in [0.05, 0.1) is 22.1 Å². The Morgan fingerprint density at radius 2 is 1.73 bits per heavy atom. The van der Waals surface area contributed by atoms with Gasteiger partial charge in [-0.2, -0.15) is 17.5 Å². The lowest BCUT2D eigenvalue weighted by atomic mass is 9.86. The third-order valence-electron chi connectivity index (χ3n) is 8.61. The fourth-order valence-corrected chi connectivity index (χ4v) is 8.55. The number of sulfonamides is 1. The zero-order chi connectivity index (χ0) is 31.8. The smallest absolute Gasteiger partial charge is 0.304 e. The number of amides is 1. The zero-order valence-corrected chi connectivity index (χ0v) is 26.3. The molecule has 4 aromatic rings. The number of anilines is 1. The molecule has 14 heteroatoms. The number of carbonyl (C=O) groups excluding carboxylic acids is 1. The summed E-state index contributed by atoms with van der Waals surface area (Å²) in [6.07, 6.45) is 2.51. The van der Waals surface area contributed by atoms with Crippen LogP contribution in [0.1, 0.15) is 49.1 Å². The summed E-state index contributed by atoms with van der Waals surface area (Å²) < 4.78 is 71.3. The van der Waals surface area contributed by atoms with Crippen LogP contribution in [-0.2, 0) is 21.0 Å². The van der Waals surface area contributed by atoms with Gasteiger partial charge in [0, 0.05) is 44.1 Å². The van der Waals surface area contributed by atoms with Gasteiger partial charge in [-0.15, -0.1) is 0 Å². The third kappa shape index (κ3) is 6.88. The van der Waals surface area contributed by atoms with Crippen LogP contribution in [0.3, 0.4) is 0 Å². The molecule has 1 unspecified atom stereocenters. The first kappa shape index (κ1) is 31.5. The Balaban J connectivity index is 1.31. The Morgan fingerprint density at radius 1 is 1.02 bits per heavy atom. The average Bonchev–Trinajstić information content (AvgIpc) is 3.69. The number of piperazine rings is 1. The van der Waals surface area contributed by atoms with Crippen molar-refractivity contribution in [3.63, 3.8) is 0 Å². The van der Waals surface area contributed by atoms with Gasteiger partial charge in [-0.05, 0) is 61.3 Å². The molecule has 4 heterocycles. The summed E-state index contributed by atoms with van der Waals surface area (Å²) in [4.78, 5) is 28.7. The molecular weight excluding hydrogens is 626 g/mol. The van der Waals surface area contributed by atoms with Gasteiger partial charge >= 0.3 is 6.18 Å². The van der Waals surface area contributed by atoms with Crippen molar-refractivity contribution < 1.29 is 26.4 Å². The highest BCUT2D eigenvalue weighted by Gasteiger charge is 2.41. The predicted molar refractivity (Wildman–Crippen MR) is 166 cm³/mol. The molecule has 1 atom stereocenters. The van der Waals surface area contributed by atoms with Crippen LogP contribution < -0.4 is 5.32 Å². The van der Waals surface area contributed by atoms with Crippen LogP contribution >= 0.6 is 11.3 Å². The molecule has 1 saturated heterocycles. The third-order valence-corrected chi connectivity index (χ3v) is 11.5. The number of aromatic nitrogens is 3. The lowest BCUT2D eigenvalue weighted by Gasteiger charge is -2.32. The van der Waals surface area contributed by atoms with Gasteiger partial charge in [-0.25, -0.2) is 18.4 Å². The fourth-order valence-electron chi connectivity index (χ4n) is 6.10. The molecule has 1 aliphatic carbocycles. The molecule has 0 spiro atoms. The number of benzene rings is 1. The average molecular weight is 659 g/mol. The Hall–Kier alpha value is -3.46. The Bertz CT molecular complexity index is 1790. The SMILES string of the molecule is CN1CCN(S(=O)(=O)c2ccc(C(CC3CCCC3)C(=O)Nc3nc4ccc(-c5ccncc5)nc4s3)cc2C(F)(F)F)CC1. The Kier molecular flexibility index (Phi) is 8.92. The zero-order valence-electron chi connectivity index (χ0n) is 24.6. The maximum atomic E-state index is 14.5. The number of alkyl halides is 3. The molecule has 9 nitrogen and oxygen atoms in total. The van der Waals surface area contributed by atoms with Crippen molar-refractivity contribution in [2.75, 3.05) is 38.5 Å². The lowest BCUT2D eigenvalue weighted by Crippen LogP contribution is -2.47. The first-order valence-corrected chi connectivity index (χ1v) is 17.1. The minimum Gasteiger partial charge on any atom is -0.304 e. The predicted octanol–water partition coefficient (Wildman–Crippen LogP) is 6.01. The van der Waals surface area contributed by atoms with E-state index in [9.17, 15) is 26.4 Å². The summed E-state index contributed by atoms with van der Waals surface area (Å²) in [5, 5.41) is 3.12. The number of halogens is 3. The Morgan fingerprint density at radius 3 is 2.42 bits per heavy atom. The molecule has 1 aromatic carbocycles. The lowest BCUT2D eigenvalue weighted by molar-refractivity contribution is -0.140. The highest BCUT2D eigenvalue weighted by Crippen LogP contribution is 2.40. The second-order valence-corrected chi connectivity index (χ2v) is 14.5. The van der Waals surface area contributed by atoms with Crippen LogP contribution in [-0.4, -0.2) is 71.7 Å². The number of thiazole rings is 1. The summed E-state index contributed by atoms with van der Waals surface area (Å²) in [5.41, 5.74) is 1.05. The first-order valence-electron chi connectivity index (χ1n) is 14.9. The number of nitrogens with zero attached hydrogens (tertiary/aromatic N) is 5. The van der Waals surface area contributed by atoms with Crippen LogP contribution in [0.25, 0.3) is 21.6 Å². The van der Waals surface area contributed by atoms with Crippen LogP contribution in [0.15, 0.2) is 59.8 Å². The molecule has 2 aliphatic rings. The highest BCUT2D eigenvalue weighted by atomic mass is 32.2. The van der Waals surface area contributed by atoms with Crippen LogP contribution in [0.2, 0.25) is 0 Å². The van der Waals surface area contributed by atoms with Crippen molar-refractivity contribution >= 4 is 42.7 Å². The number of nitrogens with one attached hydrogen (secondary N) is 1. The van der Waals surface area contributed by atoms with Crippen molar-refractivity contribution in [1.82, 2.24) is 24.2 Å². The van der Waals surface area contributed by atoms with Gasteiger partial charge in [0.2, 0.25) is 15.9 Å². The largest absolute Gasteiger partial charge is 0.417 e. The van der Waals surface area contributed by atoms with Gasteiger partial charge in [0.1, 0.15) is 10.3 Å². The molecule has 238 valence electrons. The summed E-state index contributed by atoms with van der Waals surface area (Å²) in [7, 11) is -2.57. The minimum absolute atomic E-state index is 0.103. The molecule has 0 radical (unpaired) electrons.